The molecule has 0 saturated heterocycles. The van der Waals surface area contributed by atoms with Gasteiger partial charge in [0.2, 0.25) is 3.79 Å². The topological polar surface area (TPSA) is 40.5 Å². The molecule has 0 rings (SSSR count). The normalized spacial score (nSPS) is 16.4. The molecule has 0 bridgehead atoms. The molecular weight excluding hydrogens is 258 g/mol. The van der Waals surface area contributed by atoms with Gasteiger partial charge in [0.05, 0.1) is 6.10 Å². The molecule has 2 nitrogen and oxygen atoms in total. The fourth-order valence-electron chi connectivity index (χ4n) is 1.32. The maximum atomic E-state index is 9.55. The van der Waals surface area contributed by atoms with Gasteiger partial charge >= 0.3 is 0 Å². The van der Waals surface area contributed by atoms with Crippen molar-refractivity contribution in [3.05, 3.63) is 0 Å². The van der Waals surface area contributed by atoms with Crippen LogP contribution in [0.5, 0.6) is 0 Å². The van der Waals surface area contributed by atoms with Gasteiger partial charge < -0.3 is 10.2 Å². The molecule has 0 aromatic carbocycles. The number of halogens is 3. The molecule has 0 spiro atoms. The van der Waals surface area contributed by atoms with Crippen molar-refractivity contribution in [1.82, 2.24) is 0 Å². The summed E-state index contributed by atoms with van der Waals surface area (Å²) in [4.78, 5) is 0. The average Bonchev–Trinajstić information content (AvgIpc) is 2.11. The first-order chi connectivity index (χ1) is 6.88. The summed E-state index contributed by atoms with van der Waals surface area (Å²) in [6, 6.07) is 0. The predicted molar refractivity (Wildman–Crippen MR) is 65.7 cm³/mol. The third kappa shape index (κ3) is 8.58. The zero-order valence-corrected chi connectivity index (χ0v) is 11.2. The number of rotatable bonds is 7. The second-order valence-corrected chi connectivity index (χ2v) is 6.17. The molecule has 0 amide bonds. The van der Waals surface area contributed by atoms with Crippen LogP contribution in [0.2, 0.25) is 0 Å². The Bertz CT molecular complexity index is 159. The molecule has 0 fully saturated rings. The molecule has 0 aliphatic heterocycles. The summed E-state index contributed by atoms with van der Waals surface area (Å²) in [5, 5.41) is 18.9. The quantitative estimate of drug-likeness (QED) is 0.553. The lowest BCUT2D eigenvalue weighted by atomic mass is 10.0. The highest BCUT2D eigenvalue weighted by atomic mass is 35.6. The van der Waals surface area contributed by atoms with Gasteiger partial charge in [-0.15, -0.1) is 0 Å². The molecule has 92 valence electrons. The monoisotopic (exact) mass is 276 g/mol. The van der Waals surface area contributed by atoms with Crippen LogP contribution < -0.4 is 0 Å². The van der Waals surface area contributed by atoms with Crippen molar-refractivity contribution in [1.29, 1.82) is 0 Å². The molecule has 0 aromatic heterocycles. The standard InChI is InChI=1S/C10H19Cl3O2/c1-2-3-4-5-6-8(14)7-9(15)10(11,12)13/h8-9,14-15H,2-7H2,1H3/t8-,9+/m0/s1. The van der Waals surface area contributed by atoms with E-state index in [2.05, 4.69) is 6.92 Å². The molecule has 5 heteroatoms. The Hall–Kier alpha value is 0.790. The van der Waals surface area contributed by atoms with Crippen molar-refractivity contribution in [2.45, 2.75) is 61.4 Å². The number of alkyl halides is 3. The molecule has 0 radical (unpaired) electrons. The second kappa shape index (κ2) is 7.97. The van der Waals surface area contributed by atoms with E-state index in [1.54, 1.807) is 0 Å². The Kier molecular flexibility index (Phi) is 8.39. The highest BCUT2D eigenvalue weighted by molar-refractivity contribution is 6.68. The van der Waals surface area contributed by atoms with Gasteiger partial charge in [-0.1, -0.05) is 67.4 Å². The third-order valence-corrected chi connectivity index (χ3v) is 3.02. The zero-order valence-electron chi connectivity index (χ0n) is 8.93. The summed E-state index contributed by atoms with van der Waals surface area (Å²) in [5.41, 5.74) is 0. The lowest BCUT2D eigenvalue weighted by molar-refractivity contribution is 0.0760. The van der Waals surface area contributed by atoms with Crippen LogP contribution in [0.25, 0.3) is 0 Å². The van der Waals surface area contributed by atoms with Crippen LogP contribution >= 0.6 is 34.8 Å². The lowest BCUT2D eigenvalue weighted by Gasteiger charge is -2.21. The molecule has 15 heavy (non-hydrogen) atoms. The van der Waals surface area contributed by atoms with E-state index in [1.807, 2.05) is 0 Å². The van der Waals surface area contributed by atoms with Crippen LogP contribution in [0, 0.1) is 0 Å². The van der Waals surface area contributed by atoms with E-state index in [1.165, 1.54) is 6.42 Å². The SMILES string of the molecule is CCCCCC[C@H](O)C[C@@H](O)C(Cl)(Cl)Cl. The van der Waals surface area contributed by atoms with Crippen LogP contribution in [0.15, 0.2) is 0 Å². The van der Waals surface area contributed by atoms with E-state index in [4.69, 9.17) is 34.8 Å². The van der Waals surface area contributed by atoms with Gasteiger partial charge in [-0.25, -0.2) is 0 Å². The molecule has 0 heterocycles. The van der Waals surface area contributed by atoms with Crippen molar-refractivity contribution in [3.8, 4) is 0 Å². The van der Waals surface area contributed by atoms with Gasteiger partial charge in [0, 0.05) is 6.42 Å². The van der Waals surface area contributed by atoms with Crippen molar-refractivity contribution in [3.63, 3.8) is 0 Å². The fourth-order valence-corrected chi connectivity index (χ4v) is 1.58. The summed E-state index contributed by atoms with van der Waals surface area (Å²) in [5.74, 6) is 0. The van der Waals surface area contributed by atoms with E-state index >= 15 is 0 Å². The maximum Gasteiger partial charge on any atom is 0.216 e. The average molecular weight is 278 g/mol. The Balaban J connectivity index is 3.60. The number of hydrogen-bond acceptors (Lipinski definition) is 2. The van der Waals surface area contributed by atoms with Crippen molar-refractivity contribution >= 4 is 34.8 Å². The van der Waals surface area contributed by atoms with E-state index < -0.39 is 16.0 Å². The van der Waals surface area contributed by atoms with Crippen LogP contribution in [-0.4, -0.2) is 26.2 Å². The highest BCUT2D eigenvalue weighted by Gasteiger charge is 2.32. The van der Waals surface area contributed by atoms with Gasteiger partial charge in [-0.2, -0.15) is 0 Å². The minimum Gasteiger partial charge on any atom is -0.393 e. The molecule has 0 aliphatic carbocycles. The molecule has 2 N–H and O–H groups in total. The van der Waals surface area contributed by atoms with E-state index in [-0.39, 0.29) is 6.42 Å². The highest BCUT2D eigenvalue weighted by Crippen LogP contribution is 2.32. The Morgan fingerprint density at radius 1 is 1.07 bits per heavy atom. The van der Waals surface area contributed by atoms with E-state index in [9.17, 15) is 10.2 Å². The number of aliphatic hydroxyl groups excluding tert-OH is 2. The van der Waals surface area contributed by atoms with E-state index in [0.717, 1.165) is 19.3 Å². The van der Waals surface area contributed by atoms with Crippen molar-refractivity contribution in [2.75, 3.05) is 0 Å². The predicted octanol–water partition coefficient (Wildman–Crippen LogP) is 3.44. The van der Waals surface area contributed by atoms with Crippen LogP contribution in [0.4, 0.5) is 0 Å². The van der Waals surface area contributed by atoms with Gasteiger partial charge in [-0.05, 0) is 6.42 Å². The Labute approximate surface area is 107 Å². The fraction of sp³-hybridized carbons (Fsp3) is 1.00. The molecular formula is C10H19Cl3O2. The van der Waals surface area contributed by atoms with Gasteiger partial charge in [0.1, 0.15) is 6.10 Å². The minimum absolute atomic E-state index is 0.114. The van der Waals surface area contributed by atoms with E-state index in [0.29, 0.717) is 6.42 Å². The summed E-state index contributed by atoms with van der Waals surface area (Å²) in [7, 11) is 0. The summed E-state index contributed by atoms with van der Waals surface area (Å²) in [6.45, 7) is 2.13. The Morgan fingerprint density at radius 3 is 2.13 bits per heavy atom. The number of aliphatic hydroxyl groups is 2. The molecule has 0 unspecified atom stereocenters. The van der Waals surface area contributed by atoms with Gasteiger partial charge in [0.25, 0.3) is 0 Å². The summed E-state index contributed by atoms with van der Waals surface area (Å²) in [6.07, 6.45) is 3.43. The van der Waals surface area contributed by atoms with Crippen molar-refractivity contribution < 1.29 is 10.2 Å². The number of unbranched alkanes of at least 4 members (excludes halogenated alkanes) is 3. The maximum absolute atomic E-state index is 9.55. The third-order valence-electron chi connectivity index (χ3n) is 2.26. The molecule has 0 aromatic rings. The molecule has 2 atom stereocenters. The van der Waals surface area contributed by atoms with Gasteiger partial charge in [0.15, 0.2) is 0 Å². The number of hydrogen-bond donors (Lipinski definition) is 2. The van der Waals surface area contributed by atoms with Gasteiger partial charge in [-0.3, -0.25) is 0 Å². The molecule has 0 aliphatic rings. The first-order valence-corrected chi connectivity index (χ1v) is 6.44. The molecule has 0 saturated carbocycles. The van der Waals surface area contributed by atoms with Crippen molar-refractivity contribution in [2.24, 2.45) is 0 Å². The van der Waals surface area contributed by atoms with Crippen LogP contribution in [0.1, 0.15) is 45.4 Å². The largest absolute Gasteiger partial charge is 0.393 e. The smallest absolute Gasteiger partial charge is 0.216 e. The van der Waals surface area contributed by atoms with Crippen LogP contribution in [0.3, 0.4) is 0 Å². The lowest BCUT2D eigenvalue weighted by Crippen LogP contribution is -2.29. The minimum atomic E-state index is -1.70. The summed E-state index contributed by atoms with van der Waals surface area (Å²) >= 11 is 16.4. The van der Waals surface area contributed by atoms with Crippen LogP contribution in [-0.2, 0) is 0 Å². The second-order valence-electron chi connectivity index (χ2n) is 3.80. The zero-order chi connectivity index (χ0) is 11.9. The Morgan fingerprint density at radius 2 is 1.67 bits per heavy atom. The first-order valence-electron chi connectivity index (χ1n) is 5.30. The first kappa shape index (κ1) is 15.8. The summed E-state index contributed by atoms with van der Waals surface area (Å²) < 4.78 is -1.70.